The Morgan fingerprint density at radius 3 is 1.65 bits per heavy atom. The third kappa shape index (κ3) is 18.9. The minimum Gasteiger partial charge on any atom is -0.493 e. The number of likely N-dealkylation sites (N-methyl/N-ethyl adjacent to an activating group) is 3. The van der Waals surface area contributed by atoms with Gasteiger partial charge in [0.15, 0.2) is 40.8 Å². The number of fused-ring (bicyclic) bond motifs is 6. The highest BCUT2D eigenvalue weighted by molar-refractivity contribution is 5.84. The van der Waals surface area contributed by atoms with Crippen molar-refractivity contribution < 1.29 is 47.5 Å². The predicted octanol–water partition coefficient (Wildman–Crippen LogP) is 11.4. The molecule has 456 valence electrons. The zero-order chi connectivity index (χ0) is 60.0. The monoisotopic (exact) mass is 1130 g/mol. The molecule has 0 radical (unpaired) electrons. The summed E-state index contributed by atoms with van der Waals surface area (Å²) >= 11 is 0. The first kappa shape index (κ1) is 67.2. The lowest BCUT2D eigenvalue weighted by atomic mass is 9.83. The number of nitrogens with zero attached hydrogens (tertiary/aromatic N) is 5. The number of rotatable bonds is 22. The largest absolute Gasteiger partial charge is 0.493 e. The van der Waals surface area contributed by atoms with Gasteiger partial charge in [0.05, 0.1) is 59.3 Å². The SMILES string of the molecule is CCOc1cc(CCCC(=O)[C@@H](CC(C)(C)C)N(C)CC(OC)OC)ccc1OC.CCOc1cc2c(cc1OC)C1CN(C)[C@H](CC(C)(C)C)C(=O)N1CC2.CCOc1cc2c(cc1OC)[C@H]1CN(C)[C@H](CC(C)(C)C)CN1CC2. The standard InChI is InChI=1S/C24H41NO5.C21H32N2O3.C21H34N2O2/c1-9-30-22-15-18(13-14-21(22)27-6)11-10-12-20(26)19(16-24(2,3)4)25(5)17-23(28-7)29-8;1-7-26-19-10-14-8-9-23-17(15(14)11-18(19)25-6)13-22(5)16(20(23)24)12-21(2,3)4;1-7-25-20-10-15-8-9-23-13-16(12-21(2,3)4)22(5)14-18(23)17(15)11-19(20)24-6/h13-15,19,23H,9-12,16-17H2,1-8H3;10-11,16-17H,7-9,12-13H2,1-6H3;10-11,16,18H,7-9,12-14H2,1-6H3/t19-;16-,17?;16-,18-/m111/s1. The van der Waals surface area contributed by atoms with Gasteiger partial charge in [-0.3, -0.25) is 24.3 Å². The van der Waals surface area contributed by atoms with Gasteiger partial charge in [-0.1, -0.05) is 68.4 Å². The maximum Gasteiger partial charge on any atom is 0.240 e. The maximum absolute atomic E-state index is 13.2. The Labute approximate surface area is 489 Å². The predicted molar refractivity (Wildman–Crippen MR) is 326 cm³/mol. The highest BCUT2D eigenvalue weighted by atomic mass is 16.7. The molecule has 5 atom stereocenters. The van der Waals surface area contributed by atoms with Gasteiger partial charge in [0.2, 0.25) is 5.91 Å². The van der Waals surface area contributed by atoms with Crippen molar-refractivity contribution in [1.82, 2.24) is 24.5 Å². The van der Waals surface area contributed by atoms with Crippen LogP contribution in [0.15, 0.2) is 42.5 Å². The number of ketones is 1. The molecule has 0 spiro atoms. The van der Waals surface area contributed by atoms with Crippen LogP contribution in [0.2, 0.25) is 0 Å². The van der Waals surface area contributed by atoms with E-state index in [0.717, 1.165) is 111 Å². The molecular weight excluding hydrogens is 1020 g/mol. The molecule has 7 rings (SSSR count). The molecule has 0 aliphatic carbocycles. The zero-order valence-electron chi connectivity index (χ0n) is 53.8. The first-order valence-electron chi connectivity index (χ1n) is 29.9. The number of Topliss-reactive ketones (excluding diaryl/α,β-unsaturated/α-hetero) is 1. The summed E-state index contributed by atoms with van der Waals surface area (Å²) in [5.74, 6) is 5.29. The van der Waals surface area contributed by atoms with Crippen LogP contribution in [0.25, 0.3) is 0 Å². The van der Waals surface area contributed by atoms with E-state index >= 15 is 0 Å². The zero-order valence-corrected chi connectivity index (χ0v) is 53.8. The summed E-state index contributed by atoms with van der Waals surface area (Å²) in [6.07, 6.45) is 6.68. The van der Waals surface area contributed by atoms with Crippen LogP contribution in [-0.4, -0.2) is 176 Å². The Balaban J connectivity index is 0.000000224. The number of benzene rings is 3. The lowest BCUT2D eigenvalue weighted by molar-refractivity contribution is -0.147. The second-order valence-electron chi connectivity index (χ2n) is 26.3. The van der Waals surface area contributed by atoms with Gasteiger partial charge in [0.1, 0.15) is 5.78 Å². The maximum atomic E-state index is 13.2. The quantitative estimate of drug-likeness (QED) is 0.0887. The number of ether oxygens (including phenoxy) is 8. The van der Waals surface area contributed by atoms with Crippen molar-refractivity contribution >= 4 is 11.7 Å². The Morgan fingerprint density at radius 1 is 0.630 bits per heavy atom. The van der Waals surface area contributed by atoms with Crippen LogP contribution in [0.1, 0.15) is 155 Å². The molecule has 4 aliphatic rings. The van der Waals surface area contributed by atoms with E-state index in [9.17, 15) is 9.59 Å². The Morgan fingerprint density at radius 2 is 1.15 bits per heavy atom. The Hall–Kier alpha value is -4.64. The van der Waals surface area contributed by atoms with Crippen molar-refractivity contribution in [3.8, 4) is 34.5 Å². The van der Waals surface area contributed by atoms with Crippen LogP contribution >= 0.6 is 0 Å². The summed E-state index contributed by atoms with van der Waals surface area (Å²) in [5, 5.41) is 0. The molecule has 15 heteroatoms. The van der Waals surface area contributed by atoms with Crippen molar-refractivity contribution in [2.24, 2.45) is 16.2 Å². The summed E-state index contributed by atoms with van der Waals surface area (Å²) in [5.41, 5.74) is 7.01. The molecule has 3 aromatic rings. The van der Waals surface area contributed by atoms with Crippen molar-refractivity contribution in [3.05, 3.63) is 70.3 Å². The number of carbonyl (C=O) groups excluding carboxylic acids is 2. The van der Waals surface area contributed by atoms with Crippen molar-refractivity contribution in [1.29, 1.82) is 0 Å². The number of carbonyl (C=O) groups is 2. The Kier molecular flexibility index (Phi) is 25.1. The third-order valence-corrected chi connectivity index (χ3v) is 16.1. The van der Waals surface area contributed by atoms with Crippen LogP contribution in [0.3, 0.4) is 0 Å². The number of hydrogen-bond acceptors (Lipinski definition) is 14. The molecule has 3 aromatic carbocycles. The molecule has 0 bridgehead atoms. The second-order valence-corrected chi connectivity index (χ2v) is 26.3. The van der Waals surface area contributed by atoms with Crippen LogP contribution in [0.5, 0.6) is 34.5 Å². The molecule has 0 N–H and O–H groups in total. The van der Waals surface area contributed by atoms with Gasteiger partial charge in [0.25, 0.3) is 0 Å². The lowest BCUT2D eigenvalue weighted by Gasteiger charge is -2.49. The van der Waals surface area contributed by atoms with E-state index in [2.05, 4.69) is 125 Å². The van der Waals surface area contributed by atoms with E-state index in [4.69, 9.17) is 37.9 Å². The molecule has 81 heavy (non-hydrogen) atoms. The van der Waals surface area contributed by atoms with E-state index in [1.165, 1.54) is 28.7 Å². The minimum absolute atomic E-state index is 0.0302. The second kappa shape index (κ2) is 30.3. The summed E-state index contributed by atoms with van der Waals surface area (Å²) in [4.78, 5) is 37.9. The van der Waals surface area contributed by atoms with E-state index in [0.29, 0.717) is 50.3 Å². The number of amides is 1. The average Bonchev–Trinajstić information content (AvgIpc) is 3.60. The normalized spacial score (nSPS) is 19.9. The van der Waals surface area contributed by atoms with E-state index < -0.39 is 0 Å². The molecule has 4 aliphatic heterocycles. The topological polar surface area (TPSA) is 124 Å². The summed E-state index contributed by atoms with van der Waals surface area (Å²) in [6, 6.07) is 15.6. The fourth-order valence-corrected chi connectivity index (χ4v) is 12.1. The van der Waals surface area contributed by atoms with Gasteiger partial charge in [-0.15, -0.1) is 0 Å². The first-order chi connectivity index (χ1) is 38.2. The number of aryl methyl sites for hydroxylation is 1. The summed E-state index contributed by atoms with van der Waals surface area (Å²) < 4.78 is 44.3. The molecule has 1 unspecified atom stereocenters. The molecule has 0 aromatic heterocycles. The van der Waals surface area contributed by atoms with E-state index in [1.54, 1.807) is 35.5 Å². The highest BCUT2D eigenvalue weighted by Gasteiger charge is 2.44. The van der Waals surface area contributed by atoms with E-state index in [1.807, 2.05) is 46.0 Å². The lowest BCUT2D eigenvalue weighted by Crippen LogP contribution is -2.59. The van der Waals surface area contributed by atoms with Crippen molar-refractivity contribution in [2.45, 2.75) is 171 Å². The van der Waals surface area contributed by atoms with Crippen LogP contribution in [0.4, 0.5) is 0 Å². The van der Waals surface area contributed by atoms with Crippen molar-refractivity contribution in [2.75, 3.05) is 116 Å². The smallest absolute Gasteiger partial charge is 0.240 e. The number of piperazine rings is 2. The van der Waals surface area contributed by atoms with Gasteiger partial charge in [-0.25, -0.2) is 0 Å². The van der Waals surface area contributed by atoms with Gasteiger partial charge in [-0.2, -0.15) is 0 Å². The average molecular weight is 1130 g/mol. The first-order valence-corrected chi connectivity index (χ1v) is 29.9. The van der Waals surface area contributed by atoms with E-state index in [-0.39, 0.29) is 46.9 Å². The number of methoxy groups -OCH3 is 5. The fraction of sp³-hybridized carbons (Fsp3) is 0.697. The molecular formula is C66H107N5O10. The third-order valence-electron chi connectivity index (χ3n) is 16.1. The van der Waals surface area contributed by atoms with Crippen LogP contribution in [0, 0.1) is 16.2 Å². The highest BCUT2D eigenvalue weighted by Crippen LogP contribution is 2.43. The molecule has 0 saturated carbocycles. The molecule has 15 nitrogen and oxygen atoms in total. The van der Waals surface area contributed by atoms with Crippen molar-refractivity contribution in [3.63, 3.8) is 0 Å². The fourth-order valence-electron chi connectivity index (χ4n) is 12.1. The summed E-state index contributed by atoms with van der Waals surface area (Å²) in [6.45, 7) is 33.5. The summed E-state index contributed by atoms with van der Waals surface area (Å²) in [7, 11) is 14.6. The van der Waals surface area contributed by atoms with Gasteiger partial charge in [0, 0.05) is 72.0 Å². The van der Waals surface area contributed by atoms with Gasteiger partial charge < -0.3 is 47.7 Å². The molecule has 2 fully saturated rings. The van der Waals surface area contributed by atoms with Gasteiger partial charge >= 0.3 is 0 Å². The number of hydrogen-bond donors (Lipinski definition) is 0. The van der Waals surface area contributed by atoms with Crippen LogP contribution in [-0.2, 0) is 38.3 Å². The Bertz CT molecular complexity index is 2460. The molecule has 4 heterocycles. The minimum atomic E-state index is -0.346. The van der Waals surface area contributed by atoms with Crippen LogP contribution < -0.4 is 28.4 Å². The molecule has 2 saturated heterocycles. The van der Waals surface area contributed by atoms with Gasteiger partial charge in [-0.05, 0) is 167 Å². The molecule has 1 amide bonds.